The molecule has 144 valence electrons. The molecule has 1 aliphatic heterocycles. The molecule has 1 fully saturated rings. The Labute approximate surface area is 152 Å². The summed E-state index contributed by atoms with van der Waals surface area (Å²) in [4.78, 5) is 24.8. The third-order valence-corrected chi connectivity index (χ3v) is 6.04. The van der Waals surface area contributed by atoms with Crippen LogP contribution in [0.1, 0.15) is 20.3 Å². The lowest BCUT2D eigenvalue weighted by molar-refractivity contribution is -0.386. The lowest BCUT2D eigenvalue weighted by atomic mass is 10.2. The summed E-state index contributed by atoms with van der Waals surface area (Å²) in [6, 6.07) is 3.69. The zero-order chi connectivity index (χ0) is 19.5. The highest BCUT2D eigenvalue weighted by molar-refractivity contribution is 7.91. The molecular weight excluding hydrogens is 364 g/mol. The molecule has 0 aliphatic carbocycles. The Morgan fingerprint density at radius 1 is 1.46 bits per heavy atom. The number of nitrogens with zero attached hydrogens (tertiary/aromatic N) is 2. The molecule has 1 amide bonds. The van der Waals surface area contributed by atoms with E-state index in [2.05, 4.69) is 0 Å². The first-order valence-corrected chi connectivity index (χ1v) is 10.0. The summed E-state index contributed by atoms with van der Waals surface area (Å²) < 4.78 is 33.8. The summed E-state index contributed by atoms with van der Waals surface area (Å²) in [5, 5.41) is 11.2. The molecular formula is C16H22N2O7S. The van der Waals surface area contributed by atoms with Crippen molar-refractivity contribution >= 4 is 21.4 Å². The molecule has 0 radical (unpaired) electrons. The highest BCUT2D eigenvalue weighted by Gasteiger charge is 2.36. The van der Waals surface area contributed by atoms with Gasteiger partial charge in [0.05, 0.1) is 29.6 Å². The van der Waals surface area contributed by atoms with E-state index in [4.69, 9.17) is 9.47 Å². The number of likely N-dealkylation sites (N-methyl/N-ethyl adjacent to an activating group) is 1. The average molecular weight is 386 g/mol. The molecule has 0 N–H and O–H groups in total. The fourth-order valence-electron chi connectivity index (χ4n) is 2.96. The van der Waals surface area contributed by atoms with Crippen molar-refractivity contribution in [1.82, 2.24) is 4.90 Å². The zero-order valence-electron chi connectivity index (χ0n) is 14.9. The summed E-state index contributed by atoms with van der Waals surface area (Å²) in [6.07, 6.45) is -0.609. The number of carbonyl (C=O) groups excluding carboxylic acids is 1. The molecule has 1 saturated heterocycles. The molecule has 1 aromatic carbocycles. The lowest BCUT2D eigenvalue weighted by Gasteiger charge is -2.29. The van der Waals surface area contributed by atoms with Crippen LogP contribution in [-0.4, -0.2) is 61.5 Å². The Balaban J connectivity index is 2.17. The van der Waals surface area contributed by atoms with E-state index < -0.39 is 32.8 Å². The van der Waals surface area contributed by atoms with Gasteiger partial charge in [0.1, 0.15) is 5.75 Å². The number of rotatable bonds is 7. The summed E-state index contributed by atoms with van der Waals surface area (Å²) >= 11 is 0. The number of sulfone groups is 1. The third kappa shape index (κ3) is 4.43. The number of ether oxygens (including phenoxy) is 2. The van der Waals surface area contributed by atoms with Gasteiger partial charge in [-0.1, -0.05) is 0 Å². The molecule has 0 bridgehead atoms. The standard InChI is InChI=1S/C16H22N2O7S/c1-4-17(12-7-8-26(22,23)10-12)16(19)11(2)25-15-6-5-13(24-3)9-14(15)18(20)21/h5-6,9,11-12H,4,7-8,10H2,1-3H3/t11-,12-/m0/s1. The summed E-state index contributed by atoms with van der Waals surface area (Å²) in [7, 11) is -1.74. The van der Waals surface area contributed by atoms with Gasteiger partial charge in [0.2, 0.25) is 0 Å². The van der Waals surface area contributed by atoms with Gasteiger partial charge in [0, 0.05) is 12.6 Å². The smallest absolute Gasteiger partial charge is 0.314 e. The highest BCUT2D eigenvalue weighted by atomic mass is 32.2. The predicted octanol–water partition coefficient (Wildman–Crippen LogP) is 1.41. The number of benzene rings is 1. The van der Waals surface area contributed by atoms with Crippen LogP contribution in [0, 0.1) is 10.1 Å². The van der Waals surface area contributed by atoms with Crippen LogP contribution in [0.3, 0.4) is 0 Å². The van der Waals surface area contributed by atoms with E-state index in [1.54, 1.807) is 6.92 Å². The van der Waals surface area contributed by atoms with Crippen molar-refractivity contribution in [2.45, 2.75) is 32.4 Å². The predicted molar refractivity (Wildman–Crippen MR) is 94.2 cm³/mol. The summed E-state index contributed by atoms with van der Waals surface area (Å²) in [5.41, 5.74) is -0.310. The van der Waals surface area contributed by atoms with Crippen molar-refractivity contribution in [2.75, 3.05) is 25.2 Å². The molecule has 1 heterocycles. The summed E-state index contributed by atoms with van der Waals surface area (Å²) in [6.45, 7) is 3.57. The van der Waals surface area contributed by atoms with Gasteiger partial charge in [-0.25, -0.2) is 8.42 Å². The molecule has 0 aromatic heterocycles. The number of hydrogen-bond acceptors (Lipinski definition) is 7. The van der Waals surface area contributed by atoms with Gasteiger partial charge < -0.3 is 14.4 Å². The summed E-state index contributed by atoms with van der Waals surface area (Å²) in [5.74, 6) is -0.163. The monoisotopic (exact) mass is 386 g/mol. The van der Waals surface area contributed by atoms with E-state index in [9.17, 15) is 23.3 Å². The van der Waals surface area contributed by atoms with E-state index in [0.717, 1.165) is 0 Å². The first-order valence-electron chi connectivity index (χ1n) is 8.18. The minimum atomic E-state index is -3.13. The molecule has 1 aromatic rings. The van der Waals surface area contributed by atoms with Gasteiger partial charge in [0.15, 0.2) is 21.7 Å². The van der Waals surface area contributed by atoms with Gasteiger partial charge in [-0.15, -0.1) is 0 Å². The zero-order valence-corrected chi connectivity index (χ0v) is 15.7. The minimum Gasteiger partial charge on any atom is -0.496 e. The second-order valence-corrected chi connectivity index (χ2v) is 8.26. The third-order valence-electron chi connectivity index (χ3n) is 4.29. The molecule has 26 heavy (non-hydrogen) atoms. The van der Waals surface area contributed by atoms with E-state index in [1.807, 2.05) is 0 Å². The van der Waals surface area contributed by atoms with Crippen LogP contribution in [0.25, 0.3) is 0 Å². The maximum atomic E-state index is 12.7. The maximum absolute atomic E-state index is 12.7. The number of nitro benzene ring substituents is 1. The van der Waals surface area contributed by atoms with Crippen molar-refractivity contribution in [3.63, 3.8) is 0 Å². The number of methoxy groups -OCH3 is 1. The van der Waals surface area contributed by atoms with Gasteiger partial charge in [-0.3, -0.25) is 14.9 Å². The van der Waals surface area contributed by atoms with Gasteiger partial charge in [-0.05, 0) is 32.4 Å². The Bertz CT molecular complexity index is 794. The Hall–Kier alpha value is -2.36. The number of amides is 1. The molecule has 0 spiro atoms. The first-order chi connectivity index (χ1) is 12.2. The van der Waals surface area contributed by atoms with E-state index in [0.29, 0.717) is 18.7 Å². The van der Waals surface area contributed by atoms with Crippen LogP contribution in [0.4, 0.5) is 5.69 Å². The second kappa shape index (κ2) is 7.90. The largest absolute Gasteiger partial charge is 0.496 e. The topological polar surface area (TPSA) is 116 Å². The first kappa shape index (κ1) is 20.0. The van der Waals surface area contributed by atoms with E-state index in [-0.39, 0.29) is 22.9 Å². The van der Waals surface area contributed by atoms with E-state index in [1.165, 1.54) is 37.1 Å². The van der Waals surface area contributed by atoms with Crippen molar-refractivity contribution in [2.24, 2.45) is 0 Å². The van der Waals surface area contributed by atoms with Crippen LogP contribution in [0.15, 0.2) is 18.2 Å². The van der Waals surface area contributed by atoms with Crippen LogP contribution in [0.5, 0.6) is 11.5 Å². The molecule has 0 saturated carbocycles. The van der Waals surface area contributed by atoms with E-state index >= 15 is 0 Å². The molecule has 2 rings (SSSR count). The van der Waals surface area contributed by atoms with Crippen molar-refractivity contribution in [1.29, 1.82) is 0 Å². The van der Waals surface area contributed by atoms with Crippen molar-refractivity contribution in [3.8, 4) is 11.5 Å². The fraction of sp³-hybridized carbons (Fsp3) is 0.562. The second-order valence-electron chi connectivity index (χ2n) is 6.03. The van der Waals surface area contributed by atoms with Crippen LogP contribution in [0.2, 0.25) is 0 Å². The van der Waals surface area contributed by atoms with Crippen LogP contribution >= 0.6 is 0 Å². The van der Waals surface area contributed by atoms with Crippen LogP contribution in [-0.2, 0) is 14.6 Å². The Morgan fingerprint density at radius 2 is 2.15 bits per heavy atom. The van der Waals surface area contributed by atoms with Gasteiger partial charge >= 0.3 is 5.69 Å². The highest BCUT2D eigenvalue weighted by Crippen LogP contribution is 2.32. The van der Waals surface area contributed by atoms with Crippen molar-refractivity contribution in [3.05, 3.63) is 28.3 Å². The SMILES string of the molecule is CCN(C(=O)[C@H](C)Oc1ccc(OC)cc1[N+](=O)[O-])[C@H]1CCS(=O)(=O)C1. The molecule has 1 aliphatic rings. The molecule has 9 nitrogen and oxygen atoms in total. The fourth-order valence-corrected chi connectivity index (χ4v) is 4.69. The average Bonchev–Trinajstić information content (AvgIpc) is 2.95. The molecule has 2 atom stereocenters. The molecule has 10 heteroatoms. The lowest BCUT2D eigenvalue weighted by Crippen LogP contribution is -2.46. The minimum absolute atomic E-state index is 0.0493. The van der Waals surface area contributed by atoms with Gasteiger partial charge in [-0.2, -0.15) is 0 Å². The number of hydrogen-bond donors (Lipinski definition) is 0. The normalized spacial score (nSPS) is 19.6. The molecule has 0 unspecified atom stereocenters. The Kier molecular flexibility index (Phi) is 6.06. The van der Waals surface area contributed by atoms with Crippen LogP contribution < -0.4 is 9.47 Å². The quantitative estimate of drug-likeness (QED) is 0.514. The van der Waals surface area contributed by atoms with Crippen molar-refractivity contribution < 1.29 is 27.6 Å². The Morgan fingerprint density at radius 3 is 2.65 bits per heavy atom. The number of carbonyl (C=O) groups is 1. The maximum Gasteiger partial charge on any atom is 0.314 e. The van der Waals surface area contributed by atoms with Gasteiger partial charge in [0.25, 0.3) is 5.91 Å². The number of nitro groups is 1.